The number of rotatable bonds is 18. The fraction of sp³-hybridized carbons (Fsp3) is 0.314. The summed E-state index contributed by atoms with van der Waals surface area (Å²) in [6.45, 7) is 3.73. The van der Waals surface area contributed by atoms with Gasteiger partial charge in [-0.2, -0.15) is 5.01 Å². The third-order valence-electron chi connectivity index (χ3n) is 6.84. The molecule has 0 spiro atoms. The number of urea groups is 1. The Bertz CT molecular complexity index is 1550. The molecule has 0 aliphatic heterocycles. The van der Waals surface area contributed by atoms with E-state index in [1.54, 1.807) is 12.1 Å². The number of allylic oxidation sites excluding steroid dienone is 1. The predicted octanol–water partition coefficient (Wildman–Crippen LogP) is 5.73. The number of carbonyl (C=O) groups is 4. The van der Waals surface area contributed by atoms with Gasteiger partial charge in [-0.3, -0.25) is 14.4 Å². The lowest BCUT2D eigenvalue weighted by Gasteiger charge is -2.17. The molecule has 0 aliphatic rings. The fourth-order valence-electron chi connectivity index (χ4n) is 4.66. The van der Waals surface area contributed by atoms with Gasteiger partial charge in [-0.25, -0.2) is 4.79 Å². The maximum atomic E-state index is 12.2. The molecule has 3 aromatic rings. The zero-order chi connectivity index (χ0) is 34.7. The summed E-state index contributed by atoms with van der Waals surface area (Å²) >= 11 is 5.48. The highest BCUT2D eigenvalue weighted by Crippen LogP contribution is 2.35. The van der Waals surface area contributed by atoms with Crippen LogP contribution in [0.5, 0.6) is 11.5 Å². The van der Waals surface area contributed by atoms with Gasteiger partial charge in [0, 0.05) is 19.2 Å². The number of halogens is 1. The number of benzene rings is 3. The van der Waals surface area contributed by atoms with E-state index in [2.05, 4.69) is 35.0 Å². The molecule has 0 aromatic heterocycles. The number of carbonyl (C=O) groups excluding carboxylic acids is 4. The lowest BCUT2D eigenvalue weighted by Crippen LogP contribution is -2.39. The van der Waals surface area contributed by atoms with Gasteiger partial charge >= 0.3 is 18.0 Å². The van der Waals surface area contributed by atoms with Crippen LogP contribution in [0, 0.1) is 4.91 Å². The maximum Gasteiger partial charge on any atom is 0.340 e. The Morgan fingerprint density at radius 3 is 2.00 bits per heavy atom. The van der Waals surface area contributed by atoms with Crippen molar-refractivity contribution < 1.29 is 33.4 Å². The molecule has 0 saturated carbocycles. The van der Waals surface area contributed by atoms with Crippen molar-refractivity contribution in [2.45, 2.75) is 33.1 Å². The first kappa shape index (κ1) is 37.2. The smallest absolute Gasteiger partial charge is 0.340 e. The van der Waals surface area contributed by atoms with Crippen LogP contribution >= 0.6 is 11.6 Å². The number of hydrogen-bond donors (Lipinski definition) is 2. The molecule has 0 aliphatic carbocycles. The number of amides is 3. The molecule has 0 heterocycles. The highest BCUT2D eigenvalue weighted by molar-refractivity contribution is 6.18. The summed E-state index contributed by atoms with van der Waals surface area (Å²) in [5.41, 5.74) is 5.27. The predicted molar refractivity (Wildman–Crippen MR) is 182 cm³/mol. The monoisotopic (exact) mass is 678 g/mol. The molecule has 0 radical (unpaired) electrons. The van der Waals surface area contributed by atoms with E-state index >= 15 is 0 Å². The van der Waals surface area contributed by atoms with Crippen molar-refractivity contribution in [2.75, 3.05) is 38.7 Å². The number of ether oxygens (including phenoxy) is 3. The molecule has 3 aromatic carbocycles. The fourth-order valence-corrected chi connectivity index (χ4v) is 4.82. The van der Waals surface area contributed by atoms with Crippen LogP contribution in [0.25, 0.3) is 11.1 Å². The second-order valence-electron chi connectivity index (χ2n) is 10.3. The molecular formula is C35H39ClN4O8. The largest absolute Gasteiger partial charge is 0.492 e. The summed E-state index contributed by atoms with van der Waals surface area (Å²) in [7, 11) is 0. The van der Waals surface area contributed by atoms with Crippen LogP contribution in [0.4, 0.5) is 4.79 Å². The molecule has 0 unspecified atom stereocenters. The molecule has 2 N–H and O–H groups in total. The highest BCUT2D eigenvalue weighted by atomic mass is 35.5. The third kappa shape index (κ3) is 12.2. The van der Waals surface area contributed by atoms with Crippen molar-refractivity contribution in [1.82, 2.24) is 15.6 Å². The summed E-state index contributed by atoms with van der Waals surface area (Å²) in [5, 5.41) is 8.25. The molecular weight excluding hydrogens is 640 g/mol. The quantitative estimate of drug-likeness (QED) is 0.0329. The van der Waals surface area contributed by atoms with Crippen molar-refractivity contribution >= 4 is 46.6 Å². The van der Waals surface area contributed by atoms with E-state index < -0.39 is 12.0 Å². The van der Waals surface area contributed by atoms with Crippen molar-refractivity contribution in [3.63, 3.8) is 0 Å². The van der Waals surface area contributed by atoms with Crippen molar-refractivity contribution in [3.05, 3.63) is 100 Å². The summed E-state index contributed by atoms with van der Waals surface area (Å²) < 4.78 is 16.0. The summed E-state index contributed by atoms with van der Waals surface area (Å²) in [6, 6.07) is 24.5. The van der Waals surface area contributed by atoms with Gasteiger partial charge < -0.3 is 24.8 Å². The normalized spacial score (nSPS) is 11.1. The number of nitrogens with one attached hydrogen (secondary N) is 2. The number of hydrogen-bond acceptors (Lipinski definition) is 9. The Hall–Kier alpha value is -5.23. The zero-order valence-corrected chi connectivity index (χ0v) is 27.7. The van der Waals surface area contributed by atoms with Crippen LogP contribution in [0.1, 0.15) is 49.8 Å². The number of nitroso groups, excluding NO2 is 1. The molecule has 48 heavy (non-hydrogen) atoms. The van der Waals surface area contributed by atoms with Crippen LogP contribution in [0.15, 0.2) is 84.1 Å². The number of esters is 2. The second-order valence-corrected chi connectivity index (χ2v) is 10.6. The Balaban J connectivity index is 1.50. The lowest BCUT2D eigenvalue weighted by atomic mass is 9.88. The second kappa shape index (κ2) is 20.1. The minimum Gasteiger partial charge on any atom is -0.492 e. The Morgan fingerprint density at radius 2 is 1.42 bits per heavy atom. The molecule has 3 amide bonds. The Kier molecular flexibility index (Phi) is 15.6. The first-order chi connectivity index (χ1) is 23.2. The molecule has 0 saturated heterocycles. The van der Waals surface area contributed by atoms with E-state index in [1.807, 2.05) is 54.6 Å². The molecule has 13 heteroatoms. The zero-order valence-electron chi connectivity index (χ0n) is 26.9. The minimum atomic E-state index is -0.751. The van der Waals surface area contributed by atoms with Crippen LogP contribution in [-0.2, 0) is 19.1 Å². The van der Waals surface area contributed by atoms with E-state index in [0.29, 0.717) is 16.5 Å². The molecule has 254 valence electrons. The summed E-state index contributed by atoms with van der Waals surface area (Å²) in [6.07, 6.45) is 0.575. The number of alkyl halides is 1. The van der Waals surface area contributed by atoms with E-state index in [0.717, 1.165) is 34.3 Å². The van der Waals surface area contributed by atoms with Gasteiger partial charge in [-0.15, -0.1) is 16.5 Å². The van der Waals surface area contributed by atoms with Gasteiger partial charge in [0.1, 0.15) is 24.7 Å². The summed E-state index contributed by atoms with van der Waals surface area (Å²) in [4.78, 5) is 57.8. The molecule has 0 atom stereocenters. The average Bonchev–Trinajstić information content (AvgIpc) is 3.09. The molecule has 12 nitrogen and oxygen atoms in total. The first-order valence-electron chi connectivity index (χ1n) is 15.4. The van der Waals surface area contributed by atoms with E-state index in [-0.39, 0.29) is 63.4 Å². The van der Waals surface area contributed by atoms with Gasteiger partial charge in [0.05, 0.1) is 31.3 Å². The average molecular weight is 679 g/mol. The van der Waals surface area contributed by atoms with E-state index in [4.69, 9.17) is 25.8 Å². The van der Waals surface area contributed by atoms with Gasteiger partial charge in [0.25, 0.3) is 0 Å². The van der Waals surface area contributed by atoms with Crippen LogP contribution < -0.4 is 20.1 Å². The standard InChI is InChI=1S/C35H39ClN4O8/c1-3-31(26-7-5-4-6-8-26)34(28-11-15-30(16-12-28)48-25(2)41)27-9-13-29(14-10-27)46-23-20-37-32(42)17-18-33(43)47-24-21-38-35(44)40(39-45)22-19-36/h4-16H,3,17-24H2,1-2H3,(H,37,42)(H,38,44)/b34-31+. The van der Waals surface area contributed by atoms with Gasteiger partial charge in [-0.05, 0) is 58.5 Å². The first-order valence-corrected chi connectivity index (χ1v) is 16.0. The van der Waals surface area contributed by atoms with Gasteiger partial charge in [0.2, 0.25) is 5.91 Å². The summed E-state index contributed by atoms with van der Waals surface area (Å²) in [5.74, 6) is -0.175. The van der Waals surface area contributed by atoms with Gasteiger partial charge in [-0.1, -0.05) is 61.5 Å². The van der Waals surface area contributed by atoms with Crippen LogP contribution in [0.2, 0.25) is 0 Å². The van der Waals surface area contributed by atoms with E-state index in [1.165, 1.54) is 6.92 Å². The van der Waals surface area contributed by atoms with Crippen molar-refractivity contribution in [2.24, 2.45) is 5.29 Å². The van der Waals surface area contributed by atoms with Gasteiger partial charge in [0.15, 0.2) is 0 Å². The highest BCUT2D eigenvalue weighted by Gasteiger charge is 2.15. The number of nitrogens with zero attached hydrogens (tertiary/aromatic N) is 2. The lowest BCUT2D eigenvalue weighted by molar-refractivity contribution is -0.144. The van der Waals surface area contributed by atoms with Crippen LogP contribution in [0.3, 0.4) is 0 Å². The SMILES string of the molecule is CC/C(=C(/c1ccc(OCCNC(=O)CCC(=O)OCCNC(=O)N(CCCl)N=O)cc1)c1ccc(OC(C)=O)cc1)c1ccccc1. The third-order valence-corrected chi connectivity index (χ3v) is 7.01. The molecule has 0 fully saturated rings. The molecule has 3 rings (SSSR count). The topological polar surface area (TPSA) is 153 Å². The maximum absolute atomic E-state index is 12.2. The Morgan fingerprint density at radius 1 is 0.792 bits per heavy atom. The Labute approximate surface area is 284 Å². The molecule has 0 bridgehead atoms. The van der Waals surface area contributed by atoms with Crippen molar-refractivity contribution in [3.8, 4) is 11.5 Å². The minimum absolute atomic E-state index is 0.0292. The van der Waals surface area contributed by atoms with Crippen LogP contribution in [-0.4, -0.2) is 67.6 Å². The van der Waals surface area contributed by atoms with Crippen molar-refractivity contribution in [1.29, 1.82) is 0 Å². The van der Waals surface area contributed by atoms with E-state index in [9.17, 15) is 24.1 Å².